The lowest BCUT2D eigenvalue weighted by atomic mass is 9.90. The van der Waals surface area contributed by atoms with E-state index in [2.05, 4.69) is 29.1 Å². The van der Waals surface area contributed by atoms with Crippen molar-refractivity contribution in [3.8, 4) is 0 Å². The predicted molar refractivity (Wildman–Crippen MR) is 60.4 cm³/mol. The Labute approximate surface area is 89.7 Å². The number of aliphatic hydroxyl groups excluding tert-OH is 1. The molecule has 0 amide bonds. The summed E-state index contributed by atoms with van der Waals surface area (Å²) in [7, 11) is 0. The van der Waals surface area contributed by atoms with Gasteiger partial charge in [-0.25, -0.2) is 4.98 Å². The number of nitrogens with zero attached hydrogens (tertiary/aromatic N) is 2. The first-order valence-electron chi connectivity index (χ1n) is 4.96. The molecule has 0 aliphatic heterocycles. The van der Waals surface area contributed by atoms with Crippen LogP contribution in [-0.4, -0.2) is 28.2 Å². The normalized spacial score (nSPS) is 11.4. The standard InChI is InChI=1S/C10H18N4O/c1-10(2,3-4-15)7-13-9-6-12-5-8(11)14-9/h5-6,15H,3-4,7H2,1-2H3,(H3,11,13,14). The molecule has 5 heteroatoms. The smallest absolute Gasteiger partial charge is 0.146 e. The number of aliphatic hydroxyl groups is 1. The molecule has 0 bridgehead atoms. The highest BCUT2D eigenvalue weighted by molar-refractivity contribution is 5.38. The lowest BCUT2D eigenvalue weighted by molar-refractivity contribution is 0.220. The Kier molecular flexibility index (Phi) is 3.85. The first-order valence-corrected chi connectivity index (χ1v) is 4.96. The Morgan fingerprint density at radius 1 is 1.47 bits per heavy atom. The van der Waals surface area contributed by atoms with Crippen LogP contribution in [0.3, 0.4) is 0 Å². The summed E-state index contributed by atoms with van der Waals surface area (Å²) in [6.45, 7) is 5.08. The van der Waals surface area contributed by atoms with Crippen LogP contribution in [0.25, 0.3) is 0 Å². The van der Waals surface area contributed by atoms with E-state index in [1.54, 1.807) is 6.20 Å². The molecule has 1 aromatic rings. The summed E-state index contributed by atoms with van der Waals surface area (Å²) in [5.74, 6) is 1.07. The number of nitrogens with one attached hydrogen (secondary N) is 1. The highest BCUT2D eigenvalue weighted by Crippen LogP contribution is 2.19. The minimum atomic E-state index is 0.0288. The fraction of sp³-hybridized carbons (Fsp3) is 0.600. The molecular formula is C10H18N4O. The molecule has 0 spiro atoms. The predicted octanol–water partition coefficient (Wildman–Crippen LogP) is 0.879. The Morgan fingerprint density at radius 2 is 2.20 bits per heavy atom. The maximum absolute atomic E-state index is 8.87. The van der Waals surface area contributed by atoms with Crippen LogP contribution in [0.5, 0.6) is 0 Å². The Bertz CT molecular complexity index is 314. The average molecular weight is 210 g/mol. The SMILES string of the molecule is CC(C)(CCO)CNc1cncc(N)n1. The van der Waals surface area contributed by atoms with E-state index in [1.165, 1.54) is 6.20 Å². The van der Waals surface area contributed by atoms with Crippen LogP contribution in [0.1, 0.15) is 20.3 Å². The molecule has 0 saturated carbocycles. The third-order valence-electron chi connectivity index (χ3n) is 2.19. The van der Waals surface area contributed by atoms with Crippen molar-refractivity contribution in [1.82, 2.24) is 9.97 Å². The third-order valence-corrected chi connectivity index (χ3v) is 2.19. The Balaban J connectivity index is 2.49. The largest absolute Gasteiger partial charge is 0.396 e. The molecule has 0 fully saturated rings. The number of hydrogen-bond donors (Lipinski definition) is 3. The third kappa shape index (κ3) is 4.12. The van der Waals surface area contributed by atoms with Gasteiger partial charge in [-0.3, -0.25) is 4.98 Å². The van der Waals surface area contributed by atoms with E-state index < -0.39 is 0 Å². The first-order chi connectivity index (χ1) is 7.03. The van der Waals surface area contributed by atoms with Gasteiger partial charge >= 0.3 is 0 Å². The second-order valence-electron chi connectivity index (χ2n) is 4.32. The number of nitrogen functional groups attached to an aromatic ring is 1. The minimum Gasteiger partial charge on any atom is -0.396 e. The lowest BCUT2D eigenvalue weighted by Crippen LogP contribution is -2.24. The van der Waals surface area contributed by atoms with Gasteiger partial charge < -0.3 is 16.2 Å². The number of anilines is 2. The van der Waals surface area contributed by atoms with Crippen molar-refractivity contribution in [2.75, 3.05) is 24.2 Å². The van der Waals surface area contributed by atoms with E-state index in [4.69, 9.17) is 10.8 Å². The first kappa shape index (κ1) is 11.7. The molecule has 0 aliphatic carbocycles. The van der Waals surface area contributed by atoms with Gasteiger partial charge in [0.05, 0.1) is 12.4 Å². The molecule has 0 aliphatic rings. The van der Waals surface area contributed by atoms with Crippen LogP contribution < -0.4 is 11.1 Å². The highest BCUT2D eigenvalue weighted by Gasteiger charge is 2.16. The molecule has 4 N–H and O–H groups in total. The van der Waals surface area contributed by atoms with Crippen molar-refractivity contribution < 1.29 is 5.11 Å². The highest BCUT2D eigenvalue weighted by atomic mass is 16.3. The Hall–Kier alpha value is -1.36. The fourth-order valence-electron chi connectivity index (χ4n) is 1.19. The van der Waals surface area contributed by atoms with E-state index in [0.29, 0.717) is 11.6 Å². The molecule has 5 nitrogen and oxygen atoms in total. The zero-order chi connectivity index (χ0) is 11.3. The molecule has 1 rings (SSSR count). The van der Waals surface area contributed by atoms with Crippen LogP contribution in [0.4, 0.5) is 11.6 Å². The Morgan fingerprint density at radius 3 is 2.80 bits per heavy atom. The van der Waals surface area contributed by atoms with Crippen LogP contribution in [-0.2, 0) is 0 Å². The fourth-order valence-corrected chi connectivity index (χ4v) is 1.19. The molecule has 0 radical (unpaired) electrons. The van der Waals surface area contributed by atoms with Gasteiger partial charge in [-0.2, -0.15) is 0 Å². The van der Waals surface area contributed by atoms with Gasteiger partial charge in [0, 0.05) is 13.2 Å². The van der Waals surface area contributed by atoms with Crippen molar-refractivity contribution in [2.45, 2.75) is 20.3 Å². The summed E-state index contributed by atoms with van der Waals surface area (Å²) >= 11 is 0. The van der Waals surface area contributed by atoms with Gasteiger partial charge in [-0.15, -0.1) is 0 Å². The molecule has 84 valence electrons. The minimum absolute atomic E-state index is 0.0288. The molecular weight excluding hydrogens is 192 g/mol. The maximum Gasteiger partial charge on any atom is 0.146 e. The quantitative estimate of drug-likeness (QED) is 0.672. The maximum atomic E-state index is 8.87. The zero-order valence-electron chi connectivity index (χ0n) is 9.20. The van der Waals surface area contributed by atoms with Gasteiger partial charge in [-0.1, -0.05) is 13.8 Å². The van der Waals surface area contributed by atoms with E-state index >= 15 is 0 Å². The average Bonchev–Trinajstić information content (AvgIpc) is 2.15. The molecule has 0 aromatic carbocycles. The summed E-state index contributed by atoms with van der Waals surface area (Å²) in [5.41, 5.74) is 5.53. The van der Waals surface area contributed by atoms with E-state index in [9.17, 15) is 0 Å². The summed E-state index contributed by atoms with van der Waals surface area (Å²) < 4.78 is 0. The van der Waals surface area contributed by atoms with Crippen LogP contribution in [0, 0.1) is 5.41 Å². The summed E-state index contributed by atoms with van der Waals surface area (Å²) in [6, 6.07) is 0. The zero-order valence-corrected chi connectivity index (χ0v) is 9.20. The van der Waals surface area contributed by atoms with Crippen LogP contribution in [0.2, 0.25) is 0 Å². The van der Waals surface area contributed by atoms with Crippen molar-refractivity contribution in [1.29, 1.82) is 0 Å². The second-order valence-corrected chi connectivity index (χ2v) is 4.32. The van der Waals surface area contributed by atoms with Gasteiger partial charge in [-0.05, 0) is 11.8 Å². The second kappa shape index (κ2) is 4.93. The van der Waals surface area contributed by atoms with Gasteiger partial charge in [0.15, 0.2) is 0 Å². The lowest BCUT2D eigenvalue weighted by Gasteiger charge is -2.23. The topological polar surface area (TPSA) is 84.1 Å². The van der Waals surface area contributed by atoms with Crippen LogP contribution >= 0.6 is 0 Å². The van der Waals surface area contributed by atoms with Crippen molar-refractivity contribution in [3.05, 3.63) is 12.4 Å². The molecule has 1 aromatic heterocycles. The van der Waals surface area contributed by atoms with Gasteiger partial charge in [0.1, 0.15) is 11.6 Å². The molecule has 15 heavy (non-hydrogen) atoms. The van der Waals surface area contributed by atoms with Gasteiger partial charge in [0.25, 0.3) is 0 Å². The van der Waals surface area contributed by atoms with Crippen molar-refractivity contribution >= 4 is 11.6 Å². The van der Waals surface area contributed by atoms with Crippen molar-refractivity contribution in [3.63, 3.8) is 0 Å². The van der Waals surface area contributed by atoms with Crippen molar-refractivity contribution in [2.24, 2.45) is 5.41 Å². The summed E-state index contributed by atoms with van der Waals surface area (Å²) in [6.07, 6.45) is 3.88. The van der Waals surface area contributed by atoms with Gasteiger partial charge in [0.2, 0.25) is 0 Å². The molecule has 0 unspecified atom stereocenters. The van der Waals surface area contributed by atoms with E-state index in [0.717, 1.165) is 13.0 Å². The summed E-state index contributed by atoms with van der Waals surface area (Å²) in [4.78, 5) is 8.01. The van der Waals surface area contributed by atoms with E-state index in [-0.39, 0.29) is 12.0 Å². The molecule has 0 atom stereocenters. The number of rotatable bonds is 5. The number of nitrogens with two attached hydrogens (primary N) is 1. The molecule has 0 saturated heterocycles. The number of aromatic nitrogens is 2. The number of hydrogen-bond acceptors (Lipinski definition) is 5. The van der Waals surface area contributed by atoms with Crippen LogP contribution in [0.15, 0.2) is 12.4 Å². The monoisotopic (exact) mass is 210 g/mol. The molecule has 1 heterocycles. The summed E-state index contributed by atoms with van der Waals surface area (Å²) in [5, 5.41) is 12.0. The van der Waals surface area contributed by atoms with E-state index in [1.807, 2.05) is 0 Å².